The Morgan fingerprint density at radius 1 is 1.12 bits per heavy atom. The van der Waals surface area contributed by atoms with Gasteiger partial charge in [-0.3, -0.25) is 24.6 Å². The number of benzene rings is 1. The molecule has 6 rings (SSSR count). The van der Waals surface area contributed by atoms with E-state index in [4.69, 9.17) is 4.42 Å². The lowest BCUT2D eigenvalue weighted by Gasteiger charge is -2.54. The predicted octanol–water partition coefficient (Wildman–Crippen LogP) is 1.51. The number of carbonyl (C=O) groups is 3. The van der Waals surface area contributed by atoms with Crippen molar-refractivity contribution in [2.24, 2.45) is 5.92 Å². The molecule has 1 saturated carbocycles. The molecule has 4 aliphatic rings. The first-order valence-electron chi connectivity index (χ1n) is 8.19. The molecule has 4 heterocycles. The molecule has 2 saturated heterocycles. The smallest absolute Gasteiger partial charge is 0.253 e. The van der Waals surface area contributed by atoms with E-state index in [0.29, 0.717) is 24.4 Å². The SMILES string of the molecule is O=C1NC(=O)C2(N3C(=O)CNc4c(-c5ccccc5)coc43)CC1C2. The summed E-state index contributed by atoms with van der Waals surface area (Å²) in [6, 6.07) is 9.69. The average Bonchev–Trinajstić information content (AvgIpc) is 2.99. The van der Waals surface area contributed by atoms with Crippen LogP contribution in [0.2, 0.25) is 0 Å². The van der Waals surface area contributed by atoms with E-state index in [-0.39, 0.29) is 24.3 Å². The Hall–Kier alpha value is -3.09. The topological polar surface area (TPSA) is 91.7 Å². The van der Waals surface area contributed by atoms with E-state index < -0.39 is 11.4 Å². The molecule has 1 aromatic heterocycles. The van der Waals surface area contributed by atoms with Gasteiger partial charge in [0.25, 0.3) is 5.91 Å². The van der Waals surface area contributed by atoms with Crippen LogP contribution in [0.25, 0.3) is 11.1 Å². The third-order valence-electron chi connectivity index (χ3n) is 5.35. The molecule has 3 aliphatic heterocycles. The summed E-state index contributed by atoms with van der Waals surface area (Å²) in [6.45, 7) is 0.0833. The first-order chi connectivity index (χ1) is 12.1. The maximum atomic E-state index is 12.6. The van der Waals surface area contributed by atoms with Crippen molar-refractivity contribution in [1.82, 2.24) is 5.32 Å². The highest BCUT2D eigenvalue weighted by atomic mass is 16.4. The van der Waals surface area contributed by atoms with E-state index in [2.05, 4.69) is 10.6 Å². The van der Waals surface area contributed by atoms with Crippen LogP contribution in [0.5, 0.6) is 0 Å². The average molecular weight is 337 g/mol. The molecule has 2 bridgehead atoms. The number of hydrogen-bond donors (Lipinski definition) is 2. The Balaban J connectivity index is 1.60. The van der Waals surface area contributed by atoms with Crippen molar-refractivity contribution < 1.29 is 18.8 Å². The first kappa shape index (κ1) is 14.3. The van der Waals surface area contributed by atoms with Crippen LogP contribution in [-0.2, 0) is 14.4 Å². The van der Waals surface area contributed by atoms with Crippen LogP contribution in [0.1, 0.15) is 12.8 Å². The van der Waals surface area contributed by atoms with E-state index in [1.165, 1.54) is 4.90 Å². The number of carbonyl (C=O) groups excluding carboxylic acids is 3. The second-order valence-corrected chi connectivity index (χ2v) is 6.73. The third kappa shape index (κ3) is 1.77. The van der Waals surface area contributed by atoms with Gasteiger partial charge in [0.1, 0.15) is 17.5 Å². The molecule has 1 aliphatic carbocycles. The minimum Gasteiger partial charge on any atom is -0.445 e. The minimum atomic E-state index is -1.02. The van der Waals surface area contributed by atoms with Gasteiger partial charge in [-0.05, 0) is 18.4 Å². The number of amides is 3. The highest BCUT2D eigenvalue weighted by Crippen LogP contribution is 2.51. The van der Waals surface area contributed by atoms with Gasteiger partial charge in [-0.25, -0.2) is 0 Å². The van der Waals surface area contributed by atoms with Crippen LogP contribution in [0, 0.1) is 5.92 Å². The van der Waals surface area contributed by atoms with Gasteiger partial charge < -0.3 is 9.73 Å². The zero-order valence-corrected chi connectivity index (χ0v) is 13.2. The van der Waals surface area contributed by atoms with Crippen LogP contribution < -0.4 is 15.5 Å². The zero-order chi connectivity index (χ0) is 17.2. The number of imide groups is 1. The second-order valence-electron chi connectivity index (χ2n) is 6.73. The zero-order valence-electron chi connectivity index (χ0n) is 13.2. The Morgan fingerprint density at radius 3 is 2.60 bits per heavy atom. The van der Waals surface area contributed by atoms with Crippen molar-refractivity contribution in [3.05, 3.63) is 36.6 Å². The molecule has 3 fully saturated rings. The van der Waals surface area contributed by atoms with Crippen LogP contribution in [0.3, 0.4) is 0 Å². The lowest BCUT2D eigenvalue weighted by molar-refractivity contribution is -0.152. The number of anilines is 2. The summed E-state index contributed by atoms with van der Waals surface area (Å²) in [4.78, 5) is 38.3. The molecule has 7 heteroatoms. The molecular weight excluding hydrogens is 322 g/mol. The number of piperidine rings is 2. The molecule has 0 spiro atoms. The summed E-state index contributed by atoms with van der Waals surface area (Å²) >= 11 is 0. The van der Waals surface area contributed by atoms with Crippen LogP contribution >= 0.6 is 0 Å². The van der Waals surface area contributed by atoms with Gasteiger partial charge in [0.2, 0.25) is 17.7 Å². The molecule has 25 heavy (non-hydrogen) atoms. The van der Waals surface area contributed by atoms with Crippen LogP contribution in [-0.4, -0.2) is 29.8 Å². The highest BCUT2D eigenvalue weighted by Gasteiger charge is 2.63. The van der Waals surface area contributed by atoms with E-state index in [1.807, 2.05) is 30.3 Å². The first-order valence-corrected chi connectivity index (χ1v) is 8.19. The molecule has 3 amide bonds. The molecule has 2 aromatic rings. The summed E-state index contributed by atoms with van der Waals surface area (Å²) < 4.78 is 5.72. The molecule has 1 aromatic carbocycles. The number of nitrogens with zero attached hydrogens (tertiary/aromatic N) is 1. The summed E-state index contributed by atoms with van der Waals surface area (Å²) in [5.74, 6) is -0.771. The summed E-state index contributed by atoms with van der Waals surface area (Å²) in [5, 5.41) is 5.48. The van der Waals surface area contributed by atoms with Crippen molar-refractivity contribution in [2.45, 2.75) is 18.4 Å². The molecule has 126 valence electrons. The summed E-state index contributed by atoms with van der Waals surface area (Å²) in [6.07, 6.45) is 2.30. The quantitative estimate of drug-likeness (QED) is 0.811. The van der Waals surface area contributed by atoms with Gasteiger partial charge in [0, 0.05) is 11.5 Å². The molecule has 7 nitrogen and oxygen atoms in total. The summed E-state index contributed by atoms with van der Waals surface area (Å²) in [5.41, 5.74) is 1.49. The second kappa shape index (κ2) is 4.72. The number of rotatable bonds is 2. The third-order valence-corrected chi connectivity index (χ3v) is 5.35. The lowest BCUT2D eigenvalue weighted by Crippen LogP contribution is -2.75. The normalized spacial score (nSPS) is 27.3. The van der Waals surface area contributed by atoms with Crippen molar-refractivity contribution >= 4 is 29.3 Å². The van der Waals surface area contributed by atoms with Gasteiger partial charge in [-0.2, -0.15) is 0 Å². The standard InChI is InChI=1S/C18H15N3O4/c22-13-8-19-14-12(10-4-2-1-3-5-10)9-25-16(14)21(13)18-6-11(7-18)15(23)20-17(18)24/h1-5,9,11,19H,6-8H2,(H,20,23,24). The van der Waals surface area contributed by atoms with Crippen molar-refractivity contribution in [3.63, 3.8) is 0 Å². The van der Waals surface area contributed by atoms with Gasteiger partial charge in [-0.15, -0.1) is 0 Å². The molecular formula is C18H15N3O4. The minimum absolute atomic E-state index is 0.0833. The van der Waals surface area contributed by atoms with E-state index in [1.54, 1.807) is 6.26 Å². The Morgan fingerprint density at radius 2 is 1.88 bits per heavy atom. The fraction of sp³-hybridized carbons (Fsp3) is 0.278. The Labute approximate surface area is 143 Å². The number of nitrogens with one attached hydrogen (secondary N) is 2. The monoisotopic (exact) mass is 337 g/mol. The molecule has 0 radical (unpaired) electrons. The maximum Gasteiger partial charge on any atom is 0.253 e. The maximum absolute atomic E-state index is 12.6. The fourth-order valence-electron chi connectivity index (χ4n) is 4.04. The lowest BCUT2D eigenvalue weighted by atomic mass is 9.63. The molecule has 0 unspecified atom stereocenters. The largest absolute Gasteiger partial charge is 0.445 e. The van der Waals surface area contributed by atoms with Crippen LogP contribution in [0.4, 0.5) is 11.6 Å². The molecule has 2 N–H and O–H groups in total. The molecule has 0 atom stereocenters. The summed E-state index contributed by atoms with van der Waals surface area (Å²) in [7, 11) is 0. The van der Waals surface area contributed by atoms with E-state index in [0.717, 1.165) is 11.1 Å². The Kier molecular flexibility index (Phi) is 2.69. The van der Waals surface area contributed by atoms with Gasteiger partial charge >= 0.3 is 0 Å². The van der Waals surface area contributed by atoms with Crippen LogP contribution in [0.15, 0.2) is 41.0 Å². The number of furan rings is 1. The van der Waals surface area contributed by atoms with Gasteiger partial charge in [0.15, 0.2) is 0 Å². The van der Waals surface area contributed by atoms with Gasteiger partial charge in [-0.1, -0.05) is 30.3 Å². The van der Waals surface area contributed by atoms with E-state index >= 15 is 0 Å². The van der Waals surface area contributed by atoms with Crippen molar-refractivity contribution in [1.29, 1.82) is 0 Å². The Bertz CT molecular complexity index is 912. The van der Waals surface area contributed by atoms with Gasteiger partial charge in [0.05, 0.1) is 6.54 Å². The predicted molar refractivity (Wildman–Crippen MR) is 88.7 cm³/mol. The fourth-order valence-corrected chi connectivity index (χ4v) is 4.04. The van der Waals surface area contributed by atoms with Crippen molar-refractivity contribution in [2.75, 3.05) is 16.8 Å². The van der Waals surface area contributed by atoms with E-state index in [9.17, 15) is 14.4 Å². The number of fused-ring (bicyclic) bond motifs is 3. The highest BCUT2D eigenvalue weighted by molar-refractivity contribution is 6.15. The van der Waals surface area contributed by atoms with Crippen molar-refractivity contribution in [3.8, 4) is 11.1 Å². The number of hydrogen-bond acceptors (Lipinski definition) is 5.